The number of likely N-dealkylation sites (N-methyl/N-ethyl adjacent to an activating group) is 1. The van der Waals surface area contributed by atoms with Crippen LogP contribution in [0.15, 0.2) is 84.6 Å². The summed E-state index contributed by atoms with van der Waals surface area (Å²) in [6.45, 7) is 4.64. The third kappa shape index (κ3) is 3.99. The first-order chi connectivity index (χ1) is 15.0. The van der Waals surface area contributed by atoms with Crippen LogP contribution in [0.2, 0.25) is 5.02 Å². The molecule has 4 nitrogen and oxygen atoms in total. The Morgan fingerprint density at radius 1 is 0.839 bits per heavy atom. The maximum absolute atomic E-state index is 13.6. The van der Waals surface area contributed by atoms with Gasteiger partial charge in [0.1, 0.15) is 5.70 Å². The molecule has 5 heteroatoms. The minimum atomic E-state index is -0.314. The average molecular weight is 431 g/mol. The molecule has 0 aliphatic carbocycles. The van der Waals surface area contributed by atoms with Crippen molar-refractivity contribution >= 4 is 34.7 Å². The molecule has 1 aliphatic rings. The summed E-state index contributed by atoms with van der Waals surface area (Å²) in [5.74, 6) is -0.621. The van der Waals surface area contributed by atoms with E-state index in [1.807, 2.05) is 91.5 Å². The zero-order valence-corrected chi connectivity index (χ0v) is 18.3. The largest absolute Gasteiger partial charge is 0.337 e. The van der Waals surface area contributed by atoms with E-state index in [4.69, 9.17) is 11.6 Å². The van der Waals surface area contributed by atoms with Gasteiger partial charge in [0.2, 0.25) is 0 Å². The molecule has 0 bridgehead atoms. The normalized spacial score (nSPS) is 13.8. The fourth-order valence-electron chi connectivity index (χ4n) is 3.81. The number of carbonyl (C=O) groups excluding carboxylic acids is 2. The molecule has 0 atom stereocenters. The molecule has 0 saturated carbocycles. The third-order valence-electron chi connectivity index (χ3n) is 5.42. The van der Waals surface area contributed by atoms with Gasteiger partial charge < -0.3 is 4.90 Å². The molecule has 3 aromatic rings. The van der Waals surface area contributed by atoms with Crippen LogP contribution < -0.4 is 4.90 Å². The fraction of sp³-hybridized carbons (Fsp3) is 0.154. The second kappa shape index (κ2) is 8.78. The summed E-state index contributed by atoms with van der Waals surface area (Å²) in [5, 5.41) is 0.531. The summed E-state index contributed by atoms with van der Waals surface area (Å²) in [7, 11) is 0. The van der Waals surface area contributed by atoms with Gasteiger partial charge in [-0.15, -0.1) is 0 Å². The van der Waals surface area contributed by atoms with Gasteiger partial charge in [0.25, 0.3) is 11.8 Å². The standard InChI is InChI=1S/C26H23ClN2O2/c1-3-28(21-10-5-4-6-11-21)24-23(19-15-13-18(2)14-16-19)25(30)29(26(24)31)17-20-9-7-8-12-22(20)27/h4-16H,3,17H2,1-2H3. The van der Waals surface area contributed by atoms with Crippen LogP contribution in [-0.2, 0) is 16.1 Å². The number of rotatable bonds is 6. The smallest absolute Gasteiger partial charge is 0.278 e. The number of benzene rings is 3. The van der Waals surface area contributed by atoms with E-state index in [-0.39, 0.29) is 18.4 Å². The Bertz CT molecular complexity index is 1150. The summed E-state index contributed by atoms with van der Waals surface area (Å²) >= 11 is 6.32. The van der Waals surface area contributed by atoms with E-state index >= 15 is 0 Å². The highest BCUT2D eigenvalue weighted by molar-refractivity contribution is 6.37. The number of carbonyl (C=O) groups is 2. The van der Waals surface area contributed by atoms with E-state index in [2.05, 4.69) is 0 Å². The molecule has 2 amide bonds. The Morgan fingerprint density at radius 2 is 1.48 bits per heavy atom. The van der Waals surface area contributed by atoms with Crippen LogP contribution >= 0.6 is 11.6 Å². The fourth-order valence-corrected chi connectivity index (χ4v) is 4.01. The summed E-state index contributed by atoms with van der Waals surface area (Å²) in [5.41, 5.74) is 4.24. The van der Waals surface area contributed by atoms with Gasteiger partial charge in [-0.05, 0) is 43.2 Å². The Balaban J connectivity index is 1.83. The van der Waals surface area contributed by atoms with Gasteiger partial charge in [-0.3, -0.25) is 14.5 Å². The highest BCUT2D eigenvalue weighted by Gasteiger charge is 2.41. The predicted molar refractivity (Wildman–Crippen MR) is 125 cm³/mol. The van der Waals surface area contributed by atoms with E-state index in [0.717, 1.165) is 22.4 Å². The topological polar surface area (TPSA) is 40.6 Å². The number of anilines is 1. The molecule has 156 valence electrons. The van der Waals surface area contributed by atoms with Crippen LogP contribution in [0.4, 0.5) is 5.69 Å². The lowest BCUT2D eigenvalue weighted by Crippen LogP contribution is -2.35. The van der Waals surface area contributed by atoms with Gasteiger partial charge in [0.05, 0.1) is 12.1 Å². The van der Waals surface area contributed by atoms with E-state index in [9.17, 15) is 9.59 Å². The zero-order valence-electron chi connectivity index (χ0n) is 17.5. The van der Waals surface area contributed by atoms with Crippen molar-refractivity contribution in [3.05, 3.63) is 106 Å². The zero-order chi connectivity index (χ0) is 22.0. The molecule has 0 aromatic heterocycles. The maximum atomic E-state index is 13.6. The molecule has 3 aromatic carbocycles. The molecule has 0 saturated heterocycles. The molecule has 4 rings (SSSR count). The van der Waals surface area contributed by atoms with Crippen molar-refractivity contribution < 1.29 is 9.59 Å². The maximum Gasteiger partial charge on any atom is 0.278 e. The predicted octanol–water partition coefficient (Wildman–Crippen LogP) is 5.46. The van der Waals surface area contributed by atoms with Crippen molar-refractivity contribution in [2.45, 2.75) is 20.4 Å². The van der Waals surface area contributed by atoms with E-state index in [1.54, 1.807) is 6.07 Å². The Hall–Kier alpha value is -3.37. The van der Waals surface area contributed by atoms with E-state index < -0.39 is 0 Å². The minimum Gasteiger partial charge on any atom is -0.337 e. The second-order valence-corrected chi connectivity index (χ2v) is 7.86. The first kappa shape index (κ1) is 20.9. The summed E-state index contributed by atoms with van der Waals surface area (Å²) in [4.78, 5) is 30.4. The van der Waals surface area contributed by atoms with Crippen molar-refractivity contribution in [1.82, 2.24) is 4.90 Å². The van der Waals surface area contributed by atoms with Crippen LogP contribution in [-0.4, -0.2) is 23.3 Å². The molecule has 1 heterocycles. The highest BCUT2D eigenvalue weighted by Crippen LogP contribution is 2.35. The quantitative estimate of drug-likeness (QED) is 0.488. The Morgan fingerprint density at radius 3 is 2.13 bits per heavy atom. The first-order valence-corrected chi connectivity index (χ1v) is 10.6. The number of imide groups is 1. The lowest BCUT2D eigenvalue weighted by atomic mass is 10.0. The molecular formula is C26H23ClN2O2. The van der Waals surface area contributed by atoms with Gasteiger partial charge in [0, 0.05) is 17.3 Å². The molecule has 31 heavy (non-hydrogen) atoms. The average Bonchev–Trinajstić information content (AvgIpc) is 3.02. The Kier molecular flexibility index (Phi) is 5.92. The van der Waals surface area contributed by atoms with E-state index in [1.165, 1.54) is 4.90 Å². The molecule has 0 radical (unpaired) electrons. The lowest BCUT2D eigenvalue weighted by molar-refractivity contribution is -0.137. The second-order valence-electron chi connectivity index (χ2n) is 7.46. The van der Waals surface area contributed by atoms with Crippen LogP contribution in [0.25, 0.3) is 5.57 Å². The summed E-state index contributed by atoms with van der Waals surface area (Å²) in [6.07, 6.45) is 0. The minimum absolute atomic E-state index is 0.128. The summed E-state index contributed by atoms with van der Waals surface area (Å²) in [6, 6.07) is 24.6. The third-order valence-corrected chi connectivity index (χ3v) is 5.79. The van der Waals surface area contributed by atoms with Gasteiger partial charge in [0.15, 0.2) is 0 Å². The van der Waals surface area contributed by atoms with E-state index in [0.29, 0.717) is 22.8 Å². The van der Waals surface area contributed by atoms with Crippen LogP contribution in [0.5, 0.6) is 0 Å². The van der Waals surface area contributed by atoms with Crippen molar-refractivity contribution in [1.29, 1.82) is 0 Å². The number of halogens is 1. The number of hydrogen-bond acceptors (Lipinski definition) is 3. The lowest BCUT2D eigenvalue weighted by Gasteiger charge is -2.25. The SMILES string of the molecule is CCN(C1=C(c2ccc(C)cc2)C(=O)N(Cc2ccccc2Cl)C1=O)c1ccccc1. The Labute approximate surface area is 187 Å². The number of nitrogens with zero attached hydrogens (tertiary/aromatic N) is 2. The van der Waals surface area contributed by atoms with Crippen LogP contribution in [0.1, 0.15) is 23.6 Å². The number of amides is 2. The molecule has 0 fully saturated rings. The van der Waals surface area contributed by atoms with Crippen molar-refractivity contribution in [2.75, 3.05) is 11.4 Å². The van der Waals surface area contributed by atoms with Gasteiger partial charge in [-0.25, -0.2) is 0 Å². The molecule has 0 unspecified atom stereocenters. The van der Waals surface area contributed by atoms with Crippen molar-refractivity contribution in [2.24, 2.45) is 0 Å². The van der Waals surface area contributed by atoms with Crippen molar-refractivity contribution in [3.63, 3.8) is 0 Å². The number of para-hydroxylation sites is 1. The highest BCUT2D eigenvalue weighted by atomic mass is 35.5. The van der Waals surface area contributed by atoms with Gasteiger partial charge in [-0.2, -0.15) is 0 Å². The first-order valence-electron chi connectivity index (χ1n) is 10.2. The molecule has 0 spiro atoms. The van der Waals surface area contributed by atoms with Crippen molar-refractivity contribution in [3.8, 4) is 0 Å². The number of hydrogen-bond donors (Lipinski definition) is 0. The monoisotopic (exact) mass is 430 g/mol. The van der Waals surface area contributed by atoms with Crippen LogP contribution in [0.3, 0.4) is 0 Å². The summed E-state index contributed by atoms with van der Waals surface area (Å²) < 4.78 is 0. The molecular weight excluding hydrogens is 408 g/mol. The molecule has 1 aliphatic heterocycles. The molecule has 0 N–H and O–H groups in total. The van der Waals surface area contributed by atoms with Gasteiger partial charge in [-0.1, -0.05) is 77.8 Å². The number of aryl methyl sites for hydroxylation is 1. The van der Waals surface area contributed by atoms with Gasteiger partial charge >= 0.3 is 0 Å². The van der Waals surface area contributed by atoms with Crippen LogP contribution in [0, 0.1) is 6.92 Å².